The number of piperazine rings is 1. The van der Waals surface area contributed by atoms with E-state index in [1.54, 1.807) is 7.11 Å². The van der Waals surface area contributed by atoms with Crippen LogP contribution in [0.3, 0.4) is 0 Å². The molecule has 0 amide bonds. The van der Waals surface area contributed by atoms with Gasteiger partial charge >= 0.3 is 0 Å². The van der Waals surface area contributed by atoms with Crippen LogP contribution in [0, 0.1) is 0 Å². The minimum absolute atomic E-state index is 0. The number of methoxy groups -OCH3 is 1. The molecule has 2 rings (SSSR count). The van der Waals surface area contributed by atoms with Crippen molar-refractivity contribution in [3.8, 4) is 5.75 Å². The number of nitrogens with one attached hydrogen (secondary N) is 1. The Labute approximate surface area is 141 Å². The highest BCUT2D eigenvalue weighted by molar-refractivity contribution is 5.85. The standard InChI is InChI=1S/C16H26N2O.2ClH/c1-3-4-8-16(18-11-9-17-10-12-18)14-6-5-7-15(13-14)19-2;;/h5-7,13,16-17H,3-4,8-12H2,1-2H3;2*1H/t16-;;/m0../s1. The second-order valence-electron chi connectivity index (χ2n) is 5.22. The van der Waals surface area contributed by atoms with Crippen molar-refractivity contribution < 1.29 is 4.74 Å². The van der Waals surface area contributed by atoms with Gasteiger partial charge < -0.3 is 10.1 Å². The molecule has 0 saturated carbocycles. The number of unbranched alkanes of at least 4 members (excludes halogenated alkanes) is 1. The first kappa shape index (κ1) is 20.5. The zero-order valence-corrected chi connectivity index (χ0v) is 14.6. The number of hydrogen-bond donors (Lipinski definition) is 1. The number of ether oxygens (including phenoxy) is 1. The van der Waals surface area contributed by atoms with Crippen molar-refractivity contribution in [1.82, 2.24) is 10.2 Å². The van der Waals surface area contributed by atoms with Crippen LogP contribution in [0.1, 0.15) is 37.8 Å². The summed E-state index contributed by atoms with van der Waals surface area (Å²) in [7, 11) is 1.74. The van der Waals surface area contributed by atoms with E-state index in [0.717, 1.165) is 31.9 Å². The van der Waals surface area contributed by atoms with Crippen LogP contribution in [0.2, 0.25) is 0 Å². The average molecular weight is 335 g/mol. The normalized spacial score (nSPS) is 16.5. The summed E-state index contributed by atoms with van der Waals surface area (Å²) in [5, 5.41) is 3.43. The van der Waals surface area contributed by atoms with E-state index in [2.05, 4.69) is 35.3 Å². The Balaban J connectivity index is 0.00000200. The number of halogens is 2. The third-order valence-corrected chi connectivity index (χ3v) is 3.90. The van der Waals surface area contributed by atoms with E-state index in [9.17, 15) is 0 Å². The SMILES string of the molecule is CCCC[C@@H](c1cccc(OC)c1)N1CCNCC1.Cl.Cl. The van der Waals surface area contributed by atoms with Gasteiger partial charge in [-0.1, -0.05) is 31.9 Å². The number of hydrogen-bond acceptors (Lipinski definition) is 3. The van der Waals surface area contributed by atoms with Gasteiger partial charge in [0.15, 0.2) is 0 Å². The van der Waals surface area contributed by atoms with Crippen molar-refractivity contribution in [2.75, 3.05) is 33.3 Å². The van der Waals surface area contributed by atoms with Crippen LogP contribution in [-0.4, -0.2) is 38.2 Å². The lowest BCUT2D eigenvalue weighted by atomic mass is 9.98. The van der Waals surface area contributed by atoms with Gasteiger partial charge in [-0.3, -0.25) is 4.90 Å². The molecular weight excluding hydrogens is 307 g/mol. The Morgan fingerprint density at radius 2 is 1.95 bits per heavy atom. The minimum atomic E-state index is 0. The highest BCUT2D eigenvalue weighted by atomic mass is 35.5. The predicted octanol–water partition coefficient (Wildman–Crippen LogP) is 3.68. The van der Waals surface area contributed by atoms with Crippen molar-refractivity contribution in [2.45, 2.75) is 32.2 Å². The molecule has 0 unspecified atom stereocenters. The zero-order chi connectivity index (χ0) is 13.5. The molecule has 1 aliphatic rings. The van der Waals surface area contributed by atoms with Gasteiger partial charge in [-0.15, -0.1) is 24.8 Å². The van der Waals surface area contributed by atoms with Crippen molar-refractivity contribution in [3.63, 3.8) is 0 Å². The predicted molar refractivity (Wildman–Crippen MR) is 94.2 cm³/mol. The van der Waals surface area contributed by atoms with Crippen LogP contribution in [0.25, 0.3) is 0 Å². The topological polar surface area (TPSA) is 24.5 Å². The Kier molecular flexibility index (Phi) is 10.9. The molecule has 0 aliphatic carbocycles. The van der Waals surface area contributed by atoms with Gasteiger partial charge in [-0.05, 0) is 24.1 Å². The van der Waals surface area contributed by atoms with Crippen molar-refractivity contribution in [1.29, 1.82) is 0 Å². The Morgan fingerprint density at radius 3 is 2.57 bits per heavy atom. The summed E-state index contributed by atoms with van der Waals surface area (Å²) in [6.07, 6.45) is 3.78. The largest absolute Gasteiger partial charge is 0.497 e. The van der Waals surface area contributed by atoms with Crippen molar-refractivity contribution in [2.24, 2.45) is 0 Å². The van der Waals surface area contributed by atoms with E-state index >= 15 is 0 Å². The summed E-state index contributed by atoms with van der Waals surface area (Å²) < 4.78 is 5.37. The fourth-order valence-corrected chi connectivity index (χ4v) is 2.80. The third kappa shape index (κ3) is 6.03. The number of benzene rings is 1. The summed E-state index contributed by atoms with van der Waals surface area (Å²) in [6.45, 7) is 6.76. The molecule has 0 spiro atoms. The van der Waals surface area contributed by atoms with Gasteiger partial charge in [0.1, 0.15) is 5.75 Å². The summed E-state index contributed by atoms with van der Waals surface area (Å²) in [4.78, 5) is 2.61. The quantitative estimate of drug-likeness (QED) is 0.858. The number of rotatable bonds is 6. The average Bonchev–Trinajstić information content (AvgIpc) is 2.49. The first-order valence-electron chi connectivity index (χ1n) is 7.44. The van der Waals surface area contributed by atoms with Gasteiger partial charge in [0.05, 0.1) is 7.11 Å². The van der Waals surface area contributed by atoms with Crippen LogP contribution in [0.15, 0.2) is 24.3 Å². The molecule has 122 valence electrons. The maximum atomic E-state index is 5.37. The van der Waals surface area contributed by atoms with Crippen LogP contribution in [0.5, 0.6) is 5.75 Å². The highest BCUT2D eigenvalue weighted by Gasteiger charge is 2.21. The third-order valence-electron chi connectivity index (χ3n) is 3.90. The molecule has 1 aromatic carbocycles. The fourth-order valence-electron chi connectivity index (χ4n) is 2.80. The van der Waals surface area contributed by atoms with Crippen LogP contribution >= 0.6 is 24.8 Å². The van der Waals surface area contributed by atoms with E-state index < -0.39 is 0 Å². The molecule has 5 heteroatoms. The van der Waals surface area contributed by atoms with Gasteiger partial charge in [-0.2, -0.15) is 0 Å². The second kappa shape index (κ2) is 11.1. The lowest BCUT2D eigenvalue weighted by Gasteiger charge is -2.35. The molecule has 1 N–H and O–H groups in total. The van der Waals surface area contributed by atoms with Crippen LogP contribution in [0.4, 0.5) is 0 Å². The molecule has 0 bridgehead atoms. The molecule has 0 radical (unpaired) electrons. The molecule has 1 aromatic rings. The first-order chi connectivity index (χ1) is 9.35. The Bertz CT molecular complexity index is 384. The minimum Gasteiger partial charge on any atom is -0.497 e. The van der Waals surface area contributed by atoms with Crippen molar-refractivity contribution >= 4 is 24.8 Å². The zero-order valence-electron chi connectivity index (χ0n) is 13.0. The molecule has 21 heavy (non-hydrogen) atoms. The van der Waals surface area contributed by atoms with Gasteiger partial charge in [0, 0.05) is 32.2 Å². The van der Waals surface area contributed by atoms with Gasteiger partial charge in [-0.25, -0.2) is 0 Å². The van der Waals surface area contributed by atoms with Crippen LogP contribution < -0.4 is 10.1 Å². The molecule has 0 aromatic heterocycles. The van der Waals surface area contributed by atoms with Gasteiger partial charge in [0.2, 0.25) is 0 Å². The molecule has 1 aliphatic heterocycles. The number of nitrogens with zero attached hydrogens (tertiary/aromatic N) is 1. The molecule has 1 saturated heterocycles. The molecule has 3 nitrogen and oxygen atoms in total. The maximum Gasteiger partial charge on any atom is 0.119 e. The molecular formula is C16H28Cl2N2O. The molecule has 1 fully saturated rings. The van der Waals surface area contributed by atoms with E-state index in [1.807, 2.05) is 6.07 Å². The maximum absolute atomic E-state index is 5.37. The first-order valence-corrected chi connectivity index (χ1v) is 7.44. The smallest absolute Gasteiger partial charge is 0.119 e. The summed E-state index contributed by atoms with van der Waals surface area (Å²) in [5.41, 5.74) is 1.40. The monoisotopic (exact) mass is 334 g/mol. The van der Waals surface area contributed by atoms with Gasteiger partial charge in [0.25, 0.3) is 0 Å². The fraction of sp³-hybridized carbons (Fsp3) is 0.625. The second-order valence-corrected chi connectivity index (χ2v) is 5.22. The lowest BCUT2D eigenvalue weighted by Crippen LogP contribution is -2.45. The molecule has 1 atom stereocenters. The van der Waals surface area contributed by atoms with E-state index in [1.165, 1.54) is 24.8 Å². The van der Waals surface area contributed by atoms with Crippen molar-refractivity contribution in [3.05, 3.63) is 29.8 Å². The Morgan fingerprint density at radius 1 is 1.24 bits per heavy atom. The summed E-state index contributed by atoms with van der Waals surface area (Å²) >= 11 is 0. The summed E-state index contributed by atoms with van der Waals surface area (Å²) in [6, 6.07) is 9.11. The summed E-state index contributed by atoms with van der Waals surface area (Å²) in [5.74, 6) is 0.967. The highest BCUT2D eigenvalue weighted by Crippen LogP contribution is 2.29. The van der Waals surface area contributed by atoms with E-state index in [-0.39, 0.29) is 24.8 Å². The van der Waals surface area contributed by atoms with Crippen LogP contribution in [-0.2, 0) is 0 Å². The molecule has 1 heterocycles. The van der Waals surface area contributed by atoms with E-state index in [0.29, 0.717) is 6.04 Å². The lowest BCUT2D eigenvalue weighted by molar-refractivity contribution is 0.163. The Hall–Kier alpha value is -0.480. The van der Waals surface area contributed by atoms with E-state index in [4.69, 9.17) is 4.74 Å².